The predicted molar refractivity (Wildman–Crippen MR) is 60.5 cm³/mol. The highest BCUT2D eigenvalue weighted by Gasteiger charge is 2.23. The quantitative estimate of drug-likeness (QED) is 0.314. The number of epoxide rings is 1. The molecule has 1 heterocycles. The Hall–Kier alpha value is -1.62. The highest BCUT2D eigenvalue weighted by Crippen LogP contribution is 2.19. The van der Waals surface area contributed by atoms with Crippen LogP contribution in [0.3, 0.4) is 0 Å². The number of hydrogen-bond donors (Lipinski definition) is 1. The van der Waals surface area contributed by atoms with E-state index >= 15 is 0 Å². The van der Waals surface area contributed by atoms with E-state index in [0.29, 0.717) is 19.4 Å². The number of rotatable bonds is 7. The van der Waals surface area contributed by atoms with Crippen LogP contribution in [0, 0.1) is 0 Å². The van der Waals surface area contributed by atoms with Crippen LogP contribution in [0.1, 0.15) is 19.8 Å². The van der Waals surface area contributed by atoms with Crippen LogP contribution in [-0.4, -0.2) is 36.4 Å². The number of carbonyl (C=O) groups excluding carboxylic acids is 1. The monoisotopic (exact) mass is 240 g/mol. The van der Waals surface area contributed by atoms with E-state index in [4.69, 9.17) is 14.6 Å². The lowest BCUT2D eigenvalue weighted by molar-refractivity contribution is -0.138. The Morgan fingerprint density at radius 1 is 1.59 bits per heavy atom. The molecule has 0 radical (unpaired) electrons. The molecule has 0 aromatic heterocycles. The van der Waals surface area contributed by atoms with E-state index < -0.39 is 11.9 Å². The zero-order valence-corrected chi connectivity index (χ0v) is 9.77. The fraction of sp³-hybridized carbons (Fsp3) is 0.500. The molecule has 1 N–H and O–H groups in total. The normalized spacial score (nSPS) is 18.6. The molecule has 94 valence electrons. The molecule has 1 rings (SSSR count). The van der Waals surface area contributed by atoms with Crippen LogP contribution in [0.25, 0.3) is 0 Å². The number of aliphatic carboxylic acids is 1. The maximum absolute atomic E-state index is 11.3. The first-order valence-corrected chi connectivity index (χ1v) is 5.46. The lowest BCUT2D eigenvalue weighted by atomic mass is 10.1. The number of carboxylic acids is 1. The number of esters is 1. The second-order valence-corrected chi connectivity index (χ2v) is 3.71. The molecule has 0 bridgehead atoms. The van der Waals surface area contributed by atoms with Gasteiger partial charge in [-0.1, -0.05) is 6.58 Å². The summed E-state index contributed by atoms with van der Waals surface area (Å²) in [6, 6.07) is 0. The van der Waals surface area contributed by atoms with Crippen LogP contribution in [-0.2, 0) is 19.1 Å². The molecule has 5 nitrogen and oxygen atoms in total. The Kier molecular flexibility index (Phi) is 4.90. The second kappa shape index (κ2) is 6.20. The van der Waals surface area contributed by atoms with Crippen LogP contribution >= 0.6 is 0 Å². The van der Waals surface area contributed by atoms with Crippen molar-refractivity contribution < 1.29 is 24.2 Å². The van der Waals surface area contributed by atoms with E-state index in [9.17, 15) is 9.59 Å². The average Bonchev–Trinajstić information content (AvgIpc) is 3.07. The Balaban J connectivity index is 2.57. The molecule has 0 spiro atoms. The van der Waals surface area contributed by atoms with E-state index in [1.165, 1.54) is 6.08 Å². The Morgan fingerprint density at radius 2 is 2.24 bits per heavy atom. The summed E-state index contributed by atoms with van der Waals surface area (Å²) >= 11 is 0. The summed E-state index contributed by atoms with van der Waals surface area (Å²) in [6.07, 6.45) is 2.43. The molecule has 1 atom stereocenters. The Morgan fingerprint density at radius 3 is 2.71 bits per heavy atom. The third kappa shape index (κ3) is 4.82. The summed E-state index contributed by atoms with van der Waals surface area (Å²) in [6.45, 7) is 6.10. The van der Waals surface area contributed by atoms with Gasteiger partial charge in [0.25, 0.3) is 0 Å². The molecular formula is C12H16O5. The largest absolute Gasteiger partial charge is 0.478 e. The minimum atomic E-state index is -1.05. The van der Waals surface area contributed by atoms with Crippen molar-refractivity contribution in [2.45, 2.75) is 25.9 Å². The minimum Gasteiger partial charge on any atom is -0.478 e. The van der Waals surface area contributed by atoms with Crippen LogP contribution in [0.4, 0.5) is 0 Å². The summed E-state index contributed by atoms with van der Waals surface area (Å²) in [5.41, 5.74) is 0.208. The van der Waals surface area contributed by atoms with Crippen molar-refractivity contribution in [2.75, 3.05) is 13.2 Å². The SMILES string of the molecule is C=C(C=C(CCC1CO1)C(=O)O)C(=O)OCC. The van der Waals surface area contributed by atoms with Crippen LogP contribution in [0.5, 0.6) is 0 Å². The van der Waals surface area contributed by atoms with Crippen molar-refractivity contribution in [1.29, 1.82) is 0 Å². The van der Waals surface area contributed by atoms with E-state index in [-0.39, 0.29) is 23.9 Å². The van der Waals surface area contributed by atoms with Gasteiger partial charge in [0.05, 0.1) is 24.9 Å². The topological polar surface area (TPSA) is 76.1 Å². The average molecular weight is 240 g/mol. The van der Waals surface area contributed by atoms with Gasteiger partial charge < -0.3 is 14.6 Å². The third-order valence-corrected chi connectivity index (χ3v) is 2.30. The molecule has 17 heavy (non-hydrogen) atoms. The molecule has 0 aromatic rings. The van der Waals surface area contributed by atoms with E-state index in [0.717, 1.165) is 0 Å². The van der Waals surface area contributed by atoms with E-state index in [2.05, 4.69) is 6.58 Å². The van der Waals surface area contributed by atoms with Crippen LogP contribution < -0.4 is 0 Å². The Bertz CT molecular complexity index is 352. The van der Waals surface area contributed by atoms with Crippen molar-refractivity contribution >= 4 is 11.9 Å². The smallest absolute Gasteiger partial charge is 0.337 e. The molecular weight excluding hydrogens is 224 g/mol. The van der Waals surface area contributed by atoms with Gasteiger partial charge in [0.15, 0.2) is 0 Å². The van der Waals surface area contributed by atoms with Gasteiger partial charge in [-0.05, 0) is 25.8 Å². The first-order chi connectivity index (χ1) is 8.04. The summed E-state index contributed by atoms with van der Waals surface area (Å²) in [4.78, 5) is 22.2. The van der Waals surface area contributed by atoms with Crippen molar-refractivity contribution in [3.05, 3.63) is 23.8 Å². The van der Waals surface area contributed by atoms with E-state index in [1.54, 1.807) is 6.92 Å². The molecule has 0 amide bonds. The molecule has 0 saturated carbocycles. The zero-order valence-electron chi connectivity index (χ0n) is 9.77. The third-order valence-electron chi connectivity index (χ3n) is 2.30. The fourth-order valence-electron chi connectivity index (χ4n) is 1.29. The van der Waals surface area contributed by atoms with Gasteiger partial charge >= 0.3 is 11.9 Å². The summed E-state index contributed by atoms with van der Waals surface area (Å²) in [5, 5.41) is 8.96. The van der Waals surface area contributed by atoms with Gasteiger partial charge in [-0.2, -0.15) is 0 Å². The minimum absolute atomic E-state index is 0.0564. The molecule has 1 aliphatic heterocycles. The number of hydrogen-bond acceptors (Lipinski definition) is 4. The van der Waals surface area contributed by atoms with Gasteiger partial charge in [-0.25, -0.2) is 9.59 Å². The molecule has 1 unspecified atom stereocenters. The summed E-state index contributed by atoms with van der Waals surface area (Å²) in [5.74, 6) is -1.63. The summed E-state index contributed by atoms with van der Waals surface area (Å²) < 4.78 is 9.72. The second-order valence-electron chi connectivity index (χ2n) is 3.71. The van der Waals surface area contributed by atoms with E-state index in [1.807, 2.05) is 0 Å². The maximum atomic E-state index is 11.3. The van der Waals surface area contributed by atoms with Gasteiger partial charge in [0.1, 0.15) is 0 Å². The highest BCUT2D eigenvalue weighted by atomic mass is 16.6. The van der Waals surface area contributed by atoms with Gasteiger partial charge in [-0.3, -0.25) is 0 Å². The molecule has 1 saturated heterocycles. The number of carbonyl (C=O) groups is 2. The van der Waals surface area contributed by atoms with Crippen LogP contribution in [0.2, 0.25) is 0 Å². The standard InChI is InChI=1S/C12H16O5/c1-3-16-12(15)8(2)6-9(11(13)14)4-5-10-7-17-10/h6,10H,2-5,7H2,1H3,(H,13,14). The first kappa shape index (κ1) is 13.4. The Labute approximate surface area is 99.7 Å². The van der Waals surface area contributed by atoms with Crippen molar-refractivity contribution in [2.24, 2.45) is 0 Å². The molecule has 1 fully saturated rings. The predicted octanol–water partition coefficient (Wildman–Crippen LogP) is 1.30. The van der Waals surface area contributed by atoms with Crippen molar-refractivity contribution in [3.63, 3.8) is 0 Å². The van der Waals surface area contributed by atoms with Crippen molar-refractivity contribution in [1.82, 2.24) is 0 Å². The number of carboxylic acid groups (broad SMARTS) is 1. The lowest BCUT2D eigenvalue weighted by Crippen LogP contribution is -2.08. The first-order valence-electron chi connectivity index (χ1n) is 5.46. The number of ether oxygens (including phenoxy) is 2. The van der Waals surface area contributed by atoms with Crippen LogP contribution in [0.15, 0.2) is 23.8 Å². The highest BCUT2D eigenvalue weighted by molar-refractivity contribution is 5.95. The molecule has 5 heteroatoms. The molecule has 0 aromatic carbocycles. The zero-order chi connectivity index (χ0) is 12.8. The molecule has 0 aliphatic carbocycles. The summed E-state index contributed by atoms with van der Waals surface area (Å²) in [7, 11) is 0. The van der Waals surface area contributed by atoms with Gasteiger partial charge in [0.2, 0.25) is 0 Å². The maximum Gasteiger partial charge on any atom is 0.337 e. The van der Waals surface area contributed by atoms with Gasteiger partial charge in [-0.15, -0.1) is 0 Å². The fourth-order valence-corrected chi connectivity index (χ4v) is 1.29. The van der Waals surface area contributed by atoms with Crippen molar-refractivity contribution in [3.8, 4) is 0 Å². The van der Waals surface area contributed by atoms with Gasteiger partial charge in [0, 0.05) is 5.57 Å². The molecule has 1 aliphatic rings. The lowest BCUT2D eigenvalue weighted by Gasteiger charge is -2.03.